The molecule has 0 aromatic carbocycles. The summed E-state index contributed by atoms with van der Waals surface area (Å²) in [5.74, 6) is -0.484. The Bertz CT molecular complexity index is 1000. The summed E-state index contributed by atoms with van der Waals surface area (Å²) >= 11 is 0. The predicted molar refractivity (Wildman–Crippen MR) is 115 cm³/mol. The number of ether oxygens (including phenoxy) is 5. The lowest BCUT2D eigenvalue weighted by atomic mass is 9.37. The van der Waals surface area contributed by atoms with Crippen molar-refractivity contribution in [1.82, 2.24) is 0 Å². The Morgan fingerprint density at radius 1 is 0.941 bits per heavy atom. The molecule has 0 N–H and O–H groups in total. The van der Waals surface area contributed by atoms with Crippen LogP contribution in [0.5, 0.6) is 0 Å². The van der Waals surface area contributed by atoms with Crippen molar-refractivity contribution in [2.75, 3.05) is 19.8 Å². The molecule has 7 rings (SSSR count). The van der Waals surface area contributed by atoms with Crippen LogP contribution >= 0.6 is 0 Å². The standard InChI is InChI=1S/C26H34O8/c1-22(2)15-9-16(27)24(4)14(25(15)12-31-18(28)10-17(25)33-22)5-7-23(3)19(13-6-8-30-11-13)32-21(29)20-26(23,24)34-20/h13-15,17,19-20H,5-12H2,1-4H3. The van der Waals surface area contributed by atoms with Crippen LogP contribution in [-0.4, -0.2) is 67.1 Å². The van der Waals surface area contributed by atoms with Gasteiger partial charge in [-0.3, -0.25) is 9.59 Å². The first kappa shape index (κ1) is 21.7. The minimum Gasteiger partial charge on any atom is -0.465 e. The molecule has 0 amide bonds. The molecule has 10 atom stereocenters. The first-order chi connectivity index (χ1) is 16.0. The number of fused-ring (bicyclic) bond motifs is 1. The summed E-state index contributed by atoms with van der Waals surface area (Å²) in [6, 6.07) is 0. The number of epoxide rings is 1. The SMILES string of the molecule is CC1(C)OC2CC(=O)OCC23C1CC(=O)C1(C)C3CCC2(C)C(C3CCOC3)OC(=O)C3OC321. The zero-order chi connectivity index (χ0) is 23.9. The van der Waals surface area contributed by atoms with Crippen molar-refractivity contribution in [3.63, 3.8) is 0 Å². The Labute approximate surface area is 199 Å². The van der Waals surface area contributed by atoms with Crippen molar-refractivity contribution < 1.29 is 38.1 Å². The van der Waals surface area contributed by atoms with E-state index in [0.717, 1.165) is 19.3 Å². The molecular formula is C26H34O8. The van der Waals surface area contributed by atoms with Crippen LogP contribution in [0, 0.1) is 34.0 Å². The van der Waals surface area contributed by atoms with Gasteiger partial charge in [0, 0.05) is 35.7 Å². The molecule has 2 spiro atoms. The predicted octanol–water partition coefficient (Wildman–Crippen LogP) is 2.21. The lowest BCUT2D eigenvalue weighted by molar-refractivity contribution is -0.229. The van der Waals surface area contributed by atoms with E-state index in [-0.39, 0.29) is 60.7 Å². The molecular weight excluding hydrogens is 440 g/mol. The smallest absolute Gasteiger partial charge is 0.338 e. The highest BCUT2D eigenvalue weighted by molar-refractivity contribution is 5.93. The maximum absolute atomic E-state index is 14.3. The van der Waals surface area contributed by atoms with Crippen LogP contribution in [0.2, 0.25) is 0 Å². The topological polar surface area (TPSA) is 101 Å². The van der Waals surface area contributed by atoms with E-state index in [1.54, 1.807) is 0 Å². The highest BCUT2D eigenvalue weighted by atomic mass is 16.7. The summed E-state index contributed by atoms with van der Waals surface area (Å²) in [6.45, 7) is 9.75. The third-order valence-corrected chi connectivity index (χ3v) is 11.3. The second-order valence-corrected chi connectivity index (χ2v) is 12.8. The number of Topliss-reactive ketones (excluding diaryl/α,β-unsaturated/α-hetero) is 1. The molecule has 7 fully saturated rings. The zero-order valence-electron chi connectivity index (χ0n) is 20.4. The fourth-order valence-electron chi connectivity index (χ4n) is 9.92. The minimum absolute atomic E-state index is 0.0452. The van der Waals surface area contributed by atoms with E-state index in [0.29, 0.717) is 19.6 Å². The largest absolute Gasteiger partial charge is 0.465 e. The number of carbonyl (C=O) groups is 3. The summed E-state index contributed by atoms with van der Waals surface area (Å²) in [5, 5.41) is 0. The van der Waals surface area contributed by atoms with Gasteiger partial charge in [0.2, 0.25) is 0 Å². The number of hydrogen-bond donors (Lipinski definition) is 0. The van der Waals surface area contributed by atoms with Crippen LogP contribution in [0.1, 0.15) is 59.8 Å². The molecule has 0 bridgehead atoms. The van der Waals surface area contributed by atoms with Crippen LogP contribution in [0.3, 0.4) is 0 Å². The molecule has 0 aromatic heterocycles. The monoisotopic (exact) mass is 474 g/mol. The number of esters is 2. The van der Waals surface area contributed by atoms with Gasteiger partial charge >= 0.3 is 11.9 Å². The fraction of sp³-hybridized carbons (Fsp3) is 0.885. The lowest BCUT2D eigenvalue weighted by Crippen LogP contribution is -2.74. The second-order valence-electron chi connectivity index (χ2n) is 12.8. The molecule has 8 nitrogen and oxygen atoms in total. The molecule has 0 aromatic rings. The quantitative estimate of drug-likeness (QED) is 0.421. The molecule has 10 unspecified atom stereocenters. The normalized spacial score (nSPS) is 56.9. The Morgan fingerprint density at radius 3 is 2.47 bits per heavy atom. The van der Waals surface area contributed by atoms with Gasteiger partial charge in [-0.15, -0.1) is 0 Å². The van der Waals surface area contributed by atoms with E-state index < -0.39 is 33.6 Å². The van der Waals surface area contributed by atoms with Crippen LogP contribution < -0.4 is 0 Å². The molecule has 7 aliphatic rings. The average molecular weight is 475 g/mol. The van der Waals surface area contributed by atoms with Crippen LogP contribution in [0.25, 0.3) is 0 Å². The van der Waals surface area contributed by atoms with Crippen LogP contribution in [0.4, 0.5) is 0 Å². The molecule has 2 aliphatic carbocycles. The van der Waals surface area contributed by atoms with E-state index in [1.165, 1.54) is 0 Å². The van der Waals surface area contributed by atoms with E-state index >= 15 is 0 Å². The first-order valence-electron chi connectivity index (χ1n) is 12.9. The highest BCUT2D eigenvalue weighted by Gasteiger charge is 2.89. The summed E-state index contributed by atoms with van der Waals surface area (Å²) in [5.41, 5.74) is -3.26. The highest BCUT2D eigenvalue weighted by Crippen LogP contribution is 2.78. The molecule has 5 heterocycles. The van der Waals surface area contributed by atoms with Crippen LogP contribution in [-0.2, 0) is 38.1 Å². The van der Waals surface area contributed by atoms with E-state index in [9.17, 15) is 14.4 Å². The molecule has 34 heavy (non-hydrogen) atoms. The van der Waals surface area contributed by atoms with Gasteiger partial charge in [-0.25, -0.2) is 4.79 Å². The molecule has 5 saturated heterocycles. The lowest BCUT2D eigenvalue weighted by Gasteiger charge is -2.65. The number of carbonyl (C=O) groups excluding carboxylic acids is 3. The van der Waals surface area contributed by atoms with Crippen molar-refractivity contribution in [3.05, 3.63) is 0 Å². The summed E-state index contributed by atoms with van der Waals surface area (Å²) in [4.78, 5) is 39.7. The van der Waals surface area contributed by atoms with E-state index in [4.69, 9.17) is 23.7 Å². The van der Waals surface area contributed by atoms with Gasteiger partial charge in [-0.05, 0) is 46.0 Å². The molecule has 2 saturated carbocycles. The maximum atomic E-state index is 14.3. The van der Waals surface area contributed by atoms with Gasteiger partial charge in [0.1, 0.15) is 24.1 Å². The van der Waals surface area contributed by atoms with Crippen molar-refractivity contribution in [3.8, 4) is 0 Å². The molecule has 186 valence electrons. The fourth-order valence-corrected chi connectivity index (χ4v) is 9.92. The number of rotatable bonds is 1. The van der Waals surface area contributed by atoms with E-state index in [2.05, 4.69) is 6.92 Å². The molecule has 8 heteroatoms. The summed E-state index contributed by atoms with van der Waals surface area (Å²) in [7, 11) is 0. The van der Waals surface area contributed by atoms with Crippen molar-refractivity contribution in [2.24, 2.45) is 34.0 Å². The van der Waals surface area contributed by atoms with Gasteiger partial charge in [0.15, 0.2) is 6.10 Å². The summed E-state index contributed by atoms with van der Waals surface area (Å²) in [6.07, 6.45) is 1.60. The van der Waals surface area contributed by atoms with Crippen molar-refractivity contribution in [2.45, 2.75) is 89.3 Å². The third-order valence-electron chi connectivity index (χ3n) is 11.3. The Morgan fingerprint density at radius 2 is 1.74 bits per heavy atom. The van der Waals surface area contributed by atoms with Gasteiger partial charge < -0.3 is 23.7 Å². The number of hydrogen-bond acceptors (Lipinski definition) is 8. The number of ketones is 1. The first-order valence-corrected chi connectivity index (χ1v) is 12.9. The van der Waals surface area contributed by atoms with Gasteiger partial charge in [-0.1, -0.05) is 6.92 Å². The van der Waals surface area contributed by atoms with Crippen molar-refractivity contribution >= 4 is 17.7 Å². The van der Waals surface area contributed by atoms with Gasteiger partial charge in [0.05, 0.1) is 30.1 Å². The molecule has 5 aliphatic heterocycles. The Balaban J connectivity index is 1.38. The van der Waals surface area contributed by atoms with Gasteiger partial charge in [0.25, 0.3) is 0 Å². The number of cyclic esters (lactones) is 2. The summed E-state index contributed by atoms with van der Waals surface area (Å²) < 4.78 is 30.4. The average Bonchev–Trinajstić information content (AvgIpc) is 3.26. The van der Waals surface area contributed by atoms with E-state index in [1.807, 2.05) is 20.8 Å². The molecule has 0 radical (unpaired) electrons. The Kier molecular flexibility index (Phi) is 3.99. The Hall–Kier alpha value is -1.51. The maximum Gasteiger partial charge on any atom is 0.338 e. The zero-order valence-corrected chi connectivity index (χ0v) is 20.4. The van der Waals surface area contributed by atoms with Crippen molar-refractivity contribution in [1.29, 1.82) is 0 Å². The van der Waals surface area contributed by atoms with Gasteiger partial charge in [-0.2, -0.15) is 0 Å². The minimum atomic E-state index is -0.902. The van der Waals surface area contributed by atoms with Crippen LogP contribution in [0.15, 0.2) is 0 Å². The third kappa shape index (κ3) is 2.13. The second kappa shape index (κ2) is 6.24.